The third-order valence-electron chi connectivity index (χ3n) is 4.51. The van der Waals surface area contributed by atoms with E-state index in [1.165, 1.54) is 0 Å². The Labute approximate surface area is 146 Å². The van der Waals surface area contributed by atoms with Crippen molar-refractivity contribution in [3.8, 4) is 5.75 Å². The third-order valence-corrected chi connectivity index (χ3v) is 4.51. The van der Waals surface area contributed by atoms with E-state index in [2.05, 4.69) is 0 Å². The van der Waals surface area contributed by atoms with Crippen molar-refractivity contribution in [2.75, 3.05) is 18.6 Å². The number of carbonyl (C=O) groups is 2. The highest BCUT2D eigenvalue weighted by molar-refractivity contribution is 6.10. The quantitative estimate of drug-likeness (QED) is 0.822. The number of hydrogen-bond donors (Lipinski definition) is 1. The lowest BCUT2D eigenvalue weighted by atomic mass is 9.88. The van der Waals surface area contributed by atoms with Gasteiger partial charge in [0.1, 0.15) is 5.75 Å². The van der Waals surface area contributed by atoms with Crippen molar-refractivity contribution in [1.82, 2.24) is 0 Å². The van der Waals surface area contributed by atoms with Gasteiger partial charge in [-0.2, -0.15) is 0 Å². The molecular formula is C20H21NO4. The lowest BCUT2D eigenvalue weighted by Gasteiger charge is -2.22. The standard InChI is InChI=1S/C20H21NO4/c1-3-12-21-17-7-5-4-6-16(17)20(24,19(21)23)13-18(22)14-8-10-15(25-2)11-9-14/h4-11,24H,3,12-13H2,1-2H3/t20-/m1/s1. The van der Waals surface area contributed by atoms with Crippen molar-refractivity contribution >= 4 is 17.4 Å². The van der Waals surface area contributed by atoms with Gasteiger partial charge >= 0.3 is 0 Å². The number of methoxy groups -OCH3 is 1. The number of amides is 1. The summed E-state index contributed by atoms with van der Waals surface area (Å²) >= 11 is 0. The Kier molecular flexibility index (Phi) is 4.59. The van der Waals surface area contributed by atoms with Crippen LogP contribution in [0.4, 0.5) is 5.69 Å². The van der Waals surface area contributed by atoms with Crippen LogP contribution in [0.2, 0.25) is 0 Å². The van der Waals surface area contributed by atoms with Crippen LogP contribution in [0.5, 0.6) is 5.75 Å². The highest BCUT2D eigenvalue weighted by Crippen LogP contribution is 2.42. The lowest BCUT2D eigenvalue weighted by molar-refractivity contribution is -0.135. The minimum absolute atomic E-state index is 0.282. The van der Waals surface area contributed by atoms with Crippen molar-refractivity contribution in [2.24, 2.45) is 0 Å². The molecule has 5 nitrogen and oxygen atoms in total. The Balaban J connectivity index is 1.92. The molecule has 0 aliphatic carbocycles. The van der Waals surface area contributed by atoms with Crippen molar-refractivity contribution in [2.45, 2.75) is 25.4 Å². The van der Waals surface area contributed by atoms with Crippen molar-refractivity contribution in [3.05, 3.63) is 59.7 Å². The second-order valence-corrected chi connectivity index (χ2v) is 6.16. The summed E-state index contributed by atoms with van der Waals surface area (Å²) in [6.45, 7) is 2.48. The van der Waals surface area contributed by atoms with Gasteiger partial charge in [-0.1, -0.05) is 25.1 Å². The van der Waals surface area contributed by atoms with Gasteiger partial charge in [0.2, 0.25) is 0 Å². The number of ketones is 1. The molecule has 1 N–H and O–H groups in total. The number of para-hydroxylation sites is 1. The number of Topliss-reactive ketones (excluding diaryl/α,β-unsaturated/α-hetero) is 1. The number of nitrogens with zero attached hydrogens (tertiary/aromatic N) is 1. The Bertz CT molecular complexity index is 800. The van der Waals surface area contributed by atoms with Crippen LogP contribution in [-0.2, 0) is 10.4 Å². The molecule has 0 radical (unpaired) electrons. The molecule has 0 saturated heterocycles. The van der Waals surface area contributed by atoms with Gasteiger partial charge in [0.15, 0.2) is 11.4 Å². The summed E-state index contributed by atoms with van der Waals surface area (Å²) < 4.78 is 5.09. The average Bonchev–Trinajstić information content (AvgIpc) is 2.84. The minimum atomic E-state index is -1.82. The Morgan fingerprint density at radius 1 is 1.16 bits per heavy atom. The highest BCUT2D eigenvalue weighted by Gasteiger charge is 2.50. The topological polar surface area (TPSA) is 66.8 Å². The molecule has 1 heterocycles. The molecule has 2 aromatic carbocycles. The summed E-state index contributed by atoms with van der Waals surface area (Å²) in [6, 6.07) is 13.8. The third kappa shape index (κ3) is 2.91. The van der Waals surface area contributed by atoms with Gasteiger partial charge in [0.25, 0.3) is 5.91 Å². The van der Waals surface area contributed by atoms with Crippen LogP contribution >= 0.6 is 0 Å². The van der Waals surface area contributed by atoms with Gasteiger partial charge in [-0.3, -0.25) is 9.59 Å². The summed E-state index contributed by atoms with van der Waals surface area (Å²) in [5.41, 5.74) is -0.203. The molecular weight excluding hydrogens is 318 g/mol. The first-order valence-electron chi connectivity index (χ1n) is 8.32. The predicted octanol–water partition coefficient (Wildman–Crippen LogP) is 2.91. The number of rotatable bonds is 6. The Hall–Kier alpha value is -2.66. The molecule has 0 spiro atoms. The molecule has 25 heavy (non-hydrogen) atoms. The Morgan fingerprint density at radius 2 is 1.84 bits per heavy atom. The molecule has 1 atom stereocenters. The molecule has 5 heteroatoms. The Morgan fingerprint density at radius 3 is 2.48 bits per heavy atom. The fourth-order valence-electron chi connectivity index (χ4n) is 3.23. The fraction of sp³-hybridized carbons (Fsp3) is 0.300. The molecule has 0 aromatic heterocycles. The molecule has 1 amide bonds. The van der Waals surface area contributed by atoms with Gasteiger partial charge in [-0.25, -0.2) is 0 Å². The first-order chi connectivity index (χ1) is 12.0. The van der Waals surface area contributed by atoms with Gasteiger partial charge in [0, 0.05) is 17.7 Å². The maximum absolute atomic E-state index is 12.8. The van der Waals surface area contributed by atoms with Crippen LogP contribution in [0.3, 0.4) is 0 Å². The molecule has 0 fully saturated rings. The van der Waals surface area contributed by atoms with E-state index in [1.54, 1.807) is 54.5 Å². The lowest BCUT2D eigenvalue weighted by Crippen LogP contribution is -2.42. The predicted molar refractivity (Wildman–Crippen MR) is 94.9 cm³/mol. The van der Waals surface area contributed by atoms with Gasteiger partial charge in [0.05, 0.1) is 19.2 Å². The number of aliphatic hydroxyl groups is 1. The van der Waals surface area contributed by atoms with Crippen molar-refractivity contribution in [1.29, 1.82) is 0 Å². The van der Waals surface area contributed by atoms with Crippen molar-refractivity contribution < 1.29 is 19.4 Å². The zero-order chi connectivity index (χ0) is 18.0. The number of ether oxygens (including phenoxy) is 1. The van der Waals surface area contributed by atoms with Crippen LogP contribution in [0, 0.1) is 0 Å². The van der Waals surface area contributed by atoms with Crippen LogP contribution in [-0.4, -0.2) is 30.5 Å². The van der Waals surface area contributed by atoms with E-state index in [0.717, 1.165) is 6.42 Å². The van der Waals surface area contributed by atoms with E-state index < -0.39 is 11.5 Å². The molecule has 0 bridgehead atoms. The number of hydrogen-bond acceptors (Lipinski definition) is 4. The van der Waals surface area contributed by atoms with E-state index in [4.69, 9.17) is 4.74 Å². The highest BCUT2D eigenvalue weighted by atomic mass is 16.5. The summed E-state index contributed by atoms with van der Waals surface area (Å²) in [7, 11) is 1.55. The summed E-state index contributed by atoms with van der Waals surface area (Å²) in [4.78, 5) is 27.1. The van der Waals surface area contributed by atoms with E-state index in [0.29, 0.717) is 29.1 Å². The zero-order valence-corrected chi connectivity index (χ0v) is 14.4. The maximum atomic E-state index is 12.8. The number of fused-ring (bicyclic) bond motifs is 1. The fourth-order valence-corrected chi connectivity index (χ4v) is 3.23. The summed E-state index contributed by atoms with van der Waals surface area (Å²) in [5.74, 6) is -0.0734. The zero-order valence-electron chi connectivity index (χ0n) is 14.4. The maximum Gasteiger partial charge on any atom is 0.264 e. The van der Waals surface area contributed by atoms with Gasteiger partial charge in [-0.15, -0.1) is 0 Å². The molecule has 0 unspecified atom stereocenters. The molecule has 1 aliphatic rings. The average molecular weight is 339 g/mol. The van der Waals surface area contributed by atoms with E-state index >= 15 is 0 Å². The van der Waals surface area contributed by atoms with Gasteiger partial charge in [-0.05, 0) is 36.8 Å². The number of anilines is 1. The second kappa shape index (κ2) is 6.69. The molecule has 0 saturated carbocycles. The van der Waals surface area contributed by atoms with Crippen LogP contribution in [0.1, 0.15) is 35.7 Å². The summed E-state index contributed by atoms with van der Waals surface area (Å²) in [6.07, 6.45) is 0.484. The molecule has 1 aliphatic heterocycles. The van der Waals surface area contributed by atoms with E-state index in [1.807, 2.05) is 13.0 Å². The monoisotopic (exact) mass is 339 g/mol. The van der Waals surface area contributed by atoms with E-state index in [9.17, 15) is 14.7 Å². The summed E-state index contributed by atoms with van der Waals surface area (Å²) in [5, 5.41) is 11.1. The smallest absolute Gasteiger partial charge is 0.264 e. The minimum Gasteiger partial charge on any atom is -0.497 e. The largest absolute Gasteiger partial charge is 0.497 e. The number of benzene rings is 2. The van der Waals surface area contributed by atoms with Gasteiger partial charge < -0.3 is 14.7 Å². The SMILES string of the molecule is CCCN1C(=O)[C@@](O)(CC(=O)c2ccc(OC)cc2)c2ccccc21. The van der Waals surface area contributed by atoms with Crippen LogP contribution in [0.25, 0.3) is 0 Å². The number of carbonyl (C=O) groups excluding carboxylic acids is 2. The van der Waals surface area contributed by atoms with Crippen LogP contribution < -0.4 is 9.64 Å². The first-order valence-corrected chi connectivity index (χ1v) is 8.32. The second-order valence-electron chi connectivity index (χ2n) is 6.16. The molecule has 130 valence electrons. The first kappa shape index (κ1) is 17.2. The van der Waals surface area contributed by atoms with E-state index in [-0.39, 0.29) is 12.2 Å². The molecule has 3 rings (SSSR count). The van der Waals surface area contributed by atoms with Crippen molar-refractivity contribution in [3.63, 3.8) is 0 Å². The van der Waals surface area contributed by atoms with Crippen LogP contribution in [0.15, 0.2) is 48.5 Å². The molecule has 2 aromatic rings. The normalized spacial score (nSPS) is 19.0.